The van der Waals surface area contributed by atoms with Crippen molar-refractivity contribution in [2.75, 3.05) is 36.0 Å². The van der Waals surface area contributed by atoms with Crippen molar-refractivity contribution in [1.82, 2.24) is 14.8 Å². The molecule has 0 aromatic carbocycles. The second-order valence-corrected chi connectivity index (χ2v) is 6.58. The SMILES string of the molecule is Cc1cnc(N2CCN(c3c([N+](=O)[O-])c(C)nn3C)CC2)s1. The quantitative estimate of drug-likeness (QED) is 0.632. The van der Waals surface area contributed by atoms with Crippen molar-refractivity contribution in [3.63, 3.8) is 0 Å². The summed E-state index contributed by atoms with van der Waals surface area (Å²) < 4.78 is 1.61. The van der Waals surface area contributed by atoms with Gasteiger partial charge in [-0.15, -0.1) is 11.3 Å². The lowest BCUT2D eigenvalue weighted by atomic mass is 10.3. The van der Waals surface area contributed by atoms with E-state index in [4.69, 9.17) is 0 Å². The molecule has 0 spiro atoms. The van der Waals surface area contributed by atoms with Gasteiger partial charge in [-0.05, 0) is 13.8 Å². The van der Waals surface area contributed by atoms with E-state index in [-0.39, 0.29) is 10.6 Å². The van der Waals surface area contributed by atoms with Crippen LogP contribution in [0, 0.1) is 24.0 Å². The lowest BCUT2D eigenvalue weighted by Gasteiger charge is -2.35. The fourth-order valence-corrected chi connectivity index (χ4v) is 3.61. The molecule has 0 bridgehead atoms. The predicted octanol–water partition coefficient (Wildman–Crippen LogP) is 1.73. The number of thiazole rings is 1. The lowest BCUT2D eigenvalue weighted by Crippen LogP contribution is -2.47. The van der Waals surface area contributed by atoms with Crippen LogP contribution < -0.4 is 9.80 Å². The normalized spacial score (nSPS) is 15.4. The zero-order chi connectivity index (χ0) is 15.9. The van der Waals surface area contributed by atoms with Crippen LogP contribution in [0.1, 0.15) is 10.6 Å². The van der Waals surface area contributed by atoms with Crippen LogP contribution in [0.3, 0.4) is 0 Å². The van der Waals surface area contributed by atoms with E-state index >= 15 is 0 Å². The minimum absolute atomic E-state index is 0.112. The largest absolute Gasteiger partial charge is 0.348 e. The number of hydrogen-bond acceptors (Lipinski definition) is 7. The number of piperazine rings is 1. The number of hydrogen-bond donors (Lipinski definition) is 0. The molecular weight excluding hydrogens is 304 g/mol. The number of aryl methyl sites for hydroxylation is 3. The highest BCUT2D eigenvalue weighted by Crippen LogP contribution is 2.32. The molecule has 1 aliphatic rings. The van der Waals surface area contributed by atoms with Gasteiger partial charge in [-0.1, -0.05) is 0 Å². The van der Waals surface area contributed by atoms with Gasteiger partial charge in [-0.2, -0.15) is 5.10 Å². The molecule has 1 fully saturated rings. The van der Waals surface area contributed by atoms with Crippen molar-refractivity contribution in [3.8, 4) is 0 Å². The maximum atomic E-state index is 11.3. The van der Waals surface area contributed by atoms with Gasteiger partial charge in [0.25, 0.3) is 0 Å². The van der Waals surface area contributed by atoms with Gasteiger partial charge >= 0.3 is 5.69 Å². The van der Waals surface area contributed by atoms with Crippen LogP contribution in [0.4, 0.5) is 16.6 Å². The van der Waals surface area contributed by atoms with Crippen LogP contribution >= 0.6 is 11.3 Å². The highest BCUT2D eigenvalue weighted by Gasteiger charge is 2.30. The topological polar surface area (TPSA) is 80.3 Å². The molecule has 0 aliphatic carbocycles. The summed E-state index contributed by atoms with van der Waals surface area (Å²) in [6.07, 6.45) is 1.88. The Hall–Kier alpha value is -2.16. The molecular formula is C13H18N6O2S. The lowest BCUT2D eigenvalue weighted by molar-refractivity contribution is -0.384. The third-order valence-corrected chi connectivity index (χ3v) is 4.78. The van der Waals surface area contributed by atoms with E-state index in [9.17, 15) is 10.1 Å². The third-order valence-electron chi connectivity index (χ3n) is 3.80. The molecule has 2 aromatic rings. The number of aromatic nitrogens is 3. The predicted molar refractivity (Wildman–Crippen MR) is 85.9 cm³/mol. The second-order valence-electron chi connectivity index (χ2n) is 5.37. The summed E-state index contributed by atoms with van der Waals surface area (Å²) >= 11 is 1.68. The molecule has 1 aliphatic heterocycles. The second kappa shape index (κ2) is 5.56. The Labute approximate surface area is 132 Å². The summed E-state index contributed by atoms with van der Waals surface area (Å²) in [6, 6.07) is 0. The van der Waals surface area contributed by atoms with Gasteiger partial charge in [-0.25, -0.2) is 9.67 Å². The van der Waals surface area contributed by atoms with Crippen LogP contribution in [0.2, 0.25) is 0 Å². The zero-order valence-corrected chi connectivity index (χ0v) is 13.6. The molecule has 0 amide bonds. The van der Waals surface area contributed by atoms with Gasteiger partial charge in [0.15, 0.2) is 5.13 Å². The van der Waals surface area contributed by atoms with Gasteiger partial charge in [0.1, 0.15) is 5.69 Å². The maximum absolute atomic E-state index is 11.3. The Morgan fingerprint density at radius 2 is 1.86 bits per heavy atom. The molecule has 8 nitrogen and oxygen atoms in total. The molecule has 1 saturated heterocycles. The van der Waals surface area contributed by atoms with Crippen molar-refractivity contribution in [1.29, 1.82) is 0 Å². The Kier molecular flexibility index (Phi) is 3.73. The zero-order valence-electron chi connectivity index (χ0n) is 12.8. The summed E-state index contributed by atoms with van der Waals surface area (Å²) in [5.74, 6) is 0.595. The minimum Gasteiger partial charge on any atom is -0.348 e. The smallest absolute Gasteiger partial charge is 0.333 e. The highest BCUT2D eigenvalue weighted by atomic mass is 32.1. The van der Waals surface area contributed by atoms with E-state index in [1.807, 2.05) is 18.0 Å². The number of nitrogens with zero attached hydrogens (tertiary/aromatic N) is 6. The highest BCUT2D eigenvalue weighted by molar-refractivity contribution is 7.15. The molecule has 2 aromatic heterocycles. The number of anilines is 2. The van der Waals surface area contributed by atoms with Crippen LogP contribution in [-0.2, 0) is 7.05 Å². The third kappa shape index (κ3) is 2.52. The van der Waals surface area contributed by atoms with Gasteiger partial charge in [0.2, 0.25) is 5.82 Å². The Morgan fingerprint density at radius 1 is 1.23 bits per heavy atom. The molecule has 118 valence electrons. The molecule has 22 heavy (non-hydrogen) atoms. The van der Waals surface area contributed by atoms with E-state index in [1.54, 1.807) is 30.0 Å². The van der Waals surface area contributed by atoms with E-state index in [2.05, 4.69) is 15.0 Å². The average molecular weight is 322 g/mol. The Morgan fingerprint density at radius 3 is 2.41 bits per heavy atom. The first-order valence-electron chi connectivity index (χ1n) is 7.07. The molecule has 9 heteroatoms. The minimum atomic E-state index is -0.339. The summed E-state index contributed by atoms with van der Waals surface area (Å²) in [4.78, 5) is 20.8. The fraction of sp³-hybridized carbons (Fsp3) is 0.538. The molecule has 0 saturated carbocycles. The summed E-state index contributed by atoms with van der Waals surface area (Å²) in [6.45, 7) is 6.76. The molecule has 0 atom stereocenters. The molecule has 3 heterocycles. The van der Waals surface area contributed by atoms with E-state index in [0.29, 0.717) is 11.5 Å². The standard InChI is InChI=1S/C13H18N6O2S/c1-9-8-14-13(22-9)18-6-4-17(5-7-18)12-11(19(20)21)10(2)15-16(12)3/h8H,4-7H2,1-3H3. The molecule has 0 radical (unpaired) electrons. The molecule has 3 rings (SSSR count). The Balaban J connectivity index is 1.78. The van der Waals surface area contributed by atoms with Crippen molar-refractivity contribution in [3.05, 3.63) is 26.9 Å². The summed E-state index contributed by atoms with van der Waals surface area (Å²) in [7, 11) is 1.76. The first kappa shape index (κ1) is 14.8. The van der Waals surface area contributed by atoms with Crippen molar-refractivity contribution in [2.24, 2.45) is 7.05 Å². The van der Waals surface area contributed by atoms with Gasteiger partial charge < -0.3 is 9.80 Å². The van der Waals surface area contributed by atoms with Crippen LogP contribution in [0.5, 0.6) is 0 Å². The Bertz CT molecular complexity index is 701. The van der Waals surface area contributed by atoms with E-state index < -0.39 is 0 Å². The summed E-state index contributed by atoms with van der Waals surface area (Å²) in [5.41, 5.74) is 0.571. The van der Waals surface area contributed by atoms with Crippen molar-refractivity contribution < 1.29 is 4.92 Å². The van der Waals surface area contributed by atoms with Crippen molar-refractivity contribution in [2.45, 2.75) is 13.8 Å². The average Bonchev–Trinajstić information content (AvgIpc) is 3.02. The van der Waals surface area contributed by atoms with E-state index in [0.717, 1.165) is 31.3 Å². The van der Waals surface area contributed by atoms with Crippen molar-refractivity contribution >= 4 is 28.0 Å². The first-order chi connectivity index (χ1) is 10.5. The van der Waals surface area contributed by atoms with Gasteiger partial charge in [0.05, 0.1) is 4.92 Å². The van der Waals surface area contributed by atoms with E-state index in [1.165, 1.54) is 4.88 Å². The van der Waals surface area contributed by atoms with Gasteiger partial charge in [-0.3, -0.25) is 10.1 Å². The fourth-order valence-electron chi connectivity index (χ4n) is 2.80. The summed E-state index contributed by atoms with van der Waals surface area (Å²) in [5, 5.41) is 16.5. The molecule has 0 N–H and O–H groups in total. The van der Waals surface area contributed by atoms with Gasteiger partial charge in [0, 0.05) is 44.3 Å². The number of nitro groups is 1. The first-order valence-corrected chi connectivity index (χ1v) is 7.89. The molecule has 0 unspecified atom stereocenters. The van der Waals surface area contributed by atoms with Crippen LogP contribution in [0.25, 0.3) is 0 Å². The van der Waals surface area contributed by atoms with Crippen LogP contribution in [-0.4, -0.2) is 45.9 Å². The monoisotopic (exact) mass is 322 g/mol. The van der Waals surface area contributed by atoms with Crippen LogP contribution in [0.15, 0.2) is 6.20 Å². The maximum Gasteiger partial charge on any atom is 0.333 e. The number of rotatable bonds is 3.